The smallest absolute Gasteiger partial charge is 0.238 e. The van der Waals surface area contributed by atoms with Crippen LogP contribution in [0.25, 0.3) is 0 Å². The second-order valence-electron chi connectivity index (χ2n) is 6.55. The van der Waals surface area contributed by atoms with Crippen LogP contribution >= 0.6 is 15.9 Å². The monoisotopic (exact) mass is 448 g/mol. The van der Waals surface area contributed by atoms with Gasteiger partial charge in [-0.05, 0) is 42.8 Å². The molecule has 0 atom stereocenters. The third kappa shape index (κ3) is 5.17. The molecule has 0 unspecified atom stereocenters. The van der Waals surface area contributed by atoms with Crippen molar-refractivity contribution in [3.05, 3.63) is 46.4 Å². The van der Waals surface area contributed by atoms with E-state index in [9.17, 15) is 4.79 Å². The highest BCUT2D eigenvalue weighted by Crippen LogP contribution is 2.36. The molecular weight excluding hydrogens is 424 g/mol. The van der Waals surface area contributed by atoms with Crippen molar-refractivity contribution in [2.24, 2.45) is 0 Å². The lowest BCUT2D eigenvalue weighted by atomic mass is 10.1. The number of benzene rings is 2. The Hall–Kier alpha value is -2.25. The number of hydrogen-bond donors (Lipinski definition) is 1. The highest BCUT2D eigenvalue weighted by Gasteiger charge is 2.18. The van der Waals surface area contributed by atoms with E-state index >= 15 is 0 Å². The number of hydrogen-bond acceptors (Lipinski definition) is 5. The van der Waals surface area contributed by atoms with Gasteiger partial charge in [-0.1, -0.05) is 35.0 Å². The minimum absolute atomic E-state index is 0.0772. The van der Waals surface area contributed by atoms with E-state index in [1.807, 2.05) is 36.4 Å². The third-order valence-corrected chi connectivity index (χ3v) is 5.13. The summed E-state index contributed by atoms with van der Waals surface area (Å²) in [6.45, 7) is 4.93. The Bertz CT molecular complexity index is 828. The molecule has 1 N–H and O–H groups in total. The molecule has 1 heterocycles. The maximum Gasteiger partial charge on any atom is 0.238 e. The summed E-state index contributed by atoms with van der Waals surface area (Å²) in [6.07, 6.45) is 0.949. The number of anilines is 1. The van der Waals surface area contributed by atoms with Crippen molar-refractivity contribution in [3.63, 3.8) is 0 Å². The van der Waals surface area contributed by atoms with Gasteiger partial charge in [0.2, 0.25) is 5.91 Å². The number of rotatable bonds is 8. The van der Waals surface area contributed by atoms with E-state index in [1.54, 1.807) is 7.11 Å². The molecule has 0 fully saturated rings. The topological polar surface area (TPSA) is 60.0 Å². The van der Waals surface area contributed by atoms with Crippen LogP contribution in [0.4, 0.5) is 5.69 Å². The predicted molar refractivity (Wildman–Crippen MR) is 112 cm³/mol. The Labute approximate surface area is 173 Å². The number of halogens is 1. The second kappa shape index (κ2) is 9.80. The second-order valence-corrected chi connectivity index (χ2v) is 7.40. The summed E-state index contributed by atoms with van der Waals surface area (Å²) >= 11 is 3.61. The number of methoxy groups -OCH3 is 1. The molecule has 1 amide bonds. The van der Waals surface area contributed by atoms with Crippen LogP contribution in [0.15, 0.2) is 40.9 Å². The van der Waals surface area contributed by atoms with Crippen LogP contribution in [0.2, 0.25) is 0 Å². The minimum Gasteiger partial charge on any atom is -0.495 e. The molecule has 0 saturated heterocycles. The molecule has 2 aromatic rings. The van der Waals surface area contributed by atoms with E-state index in [0.29, 0.717) is 31.2 Å². The molecule has 0 saturated carbocycles. The maximum absolute atomic E-state index is 12.6. The summed E-state index contributed by atoms with van der Waals surface area (Å²) in [5.74, 6) is 2.07. The van der Waals surface area contributed by atoms with Gasteiger partial charge in [-0.2, -0.15) is 0 Å². The van der Waals surface area contributed by atoms with Crippen LogP contribution in [0.1, 0.15) is 18.9 Å². The van der Waals surface area contributed by atoms with Crippen LogP contribution in [-0.4, -0.2) is 44.2 Å². The summed E-state index contributed by atoms with van der Waals surface area (Å²) in [4.78, 5) is 14.7. The molecule has 1 aliphatic heterocycles. The molecule has 1 aliphatic rings. The van der Waals surface area contributed by atoms with E-state index < -0.39 is 0 Å². The van der Waals surface area contributed by atoms with Gasteiger partial charge in [0.25, 0.3) is 0 Å². The van der Waals surface area contributed by atoms with Crippen LogP contribution in [-0.2, 0) is 11.3 Å². The van der Waals surface area contributed by atoms with Crippen LogP contribution in [0.3, 0.4) is 0 Å². The number of ether oxygens (including phenoxy) is 3. The maximum atomic E-state index is 12.6. The van der Waals surface area contributed by atoms with Gasteiger partial charge in [0.15, 0.2) is 11.5 Å². The first-order valence-corrected chi connectivity index (χ1v) is 10.1. The van der Waals surface area contributed by atoms with E-state index in [4.69, 9.17) is 14.2 Å². The molecule has 28 heavy (non-hydrogen) atoms. The molecule has 0 aliphatic carbocycles. The molecule has 2 aromatic carbocycles. The molecule has 0 radical (unpaired) electrons. The SMILES string of the molecule is CCCN(CC(=O)Nc1ccccc1OC)Cc1cc2c(cc1Br)OCCO2. The van der Waals surface area contributed by atoms with E-state index in [0.717, 1.165) is 34.5 Å². The van der Waals surface area contributed by atoms with Gasteiger partial charge in [0, 0.05) is 11.0 Å². The normalized spacial score (nSPS) is 12.7. The molecule has 3 rings (SSSR count). The Kier molecular flexibility index (Phi) is 7.17. The molecule has 6 nitrogen and oxygen atoms in total. The molecule has 7 heteroatoms. The Morgan fingerprint density at radius 1 is 1.21 bits per heavy atom. The largest absolute Gasteiger partial charge is 0.495 e. The summed E-state index contributed by atoms with van der Waals surface area (Å²) in [5.41, 5.74) is 1.73. The number of para-hydroxylation sites is 2. The quantitative estimate of drug-likeness (QED) is 0.658. The summed E-state index contributed by atoms with van der Waals surface area (Å²) in [7, 11) is 1.59. The zero-order valence-electron chi connectivity index (χ0n) is 16.2. The fourth-order valence-electron chi connectivity index (χ4n) is 3.14. The fourth-order valence-corrected chi connectivity index (χ4v) is 3.59. The Morgan fingerprint density at radius 2 is 1.93 bits per heavy atom. The van der Waals surface area contributed by atoms with E-state index in [1.165, 1.54) is 0 Å². The van der Waals surface area contributed by atoms with Gasteiger partial charge in [-0.25, -0.2) is 0 Å². The van der Waals surface area contributed by atoms with Crippen molar-refractivity contribution >= 4 is 27.5 Å². The van der Waals surface area contributed by atoms with Gasteiger partial charge in [-0.3, -0.25) is 9.69 Å². The molecule has 0 spiro atoms. The van der Waals surface area contributed by atoms with Crippen LogP contribution < -0.4 is 19.5 Å². The number of carbonyl (C=O) groups excluding carboxylic acids is 1. The average molecular weight is 449 g/mol. The van der Waals surface area contributed by atoms with E-state index in [2.05, 4.69) is 33.1 Å². The standard InChI is InChI=1S/C21H25BrN2O4/c1-3-8-24(14-21(25)23-17-6-4-5-7-18(17)26-2)13-15-11-19-20(12-16(15)22)28-10-9-27-19/h4-7,11-12H,3,8-10,13-14H2,1-2H3,(H,23,25). The number of amides is 1. The van der Waals surface area contributed by atoms with Crippen LogP contribution in [0.5, 0.6) is 17.2 Å². The molecular formula is C21H25BrN2O4. The van der Waals surface area contributed by atoms with Crippen molar-refractivity contribution in [1.29, 1.82) is 0 Å². The highest BCUT2D eigenvalue weighted by atomic mass is 79.9. The van der Waals surface area contributed by atoms with Crippen LogP contribution in [0, 0.1) is 0 Å². The summed E-state index contributed by atoms with van der Waals surface area (Å²) in [5, 5.41) is 2.94. The van der Waals surface area contributed by atoms with Crippen molar-refractivity contribution in [1.82, 2.24) is 4.90 Å². The molecule has 0 aromatic heterocycles. The lowest BCUT2D eigenvalue weighted by molar-refractivity contribution is -0.117. The average Bonchev–Trinajstić information content (AvgIpc) is 2.69. The minimum atomic E-state index is -0.0772. The van der Waals surface area contributed by atoms with Gasteiger partial charge in [0.05, 0.1) is 19.3 Å². The lowest BCUT2D eigenvalue weighted by Gasteiger charge is -2.24. The van der Waals surface area contributed by atoms with Crippen molar-refractivity contribution in [2.75, 3.05) is 38.7 Å². The third-order valence-electron chi connectivity index (χ3n) is 4.39. The Balaban J connectivity index is 1.69. The lowest BCUT2D eigenvalue weighted by Crippen LogP contribution is -2.33. The number of nitrogens with zero attached hydrogens (tertiary/aromatic N) is 1. The number of nitrogens with one attached hydrogen (secondary N) is 1. The zero-order chi connectivity index (χ0) is 19.9. The molecule has 0 bridgehead atoms. The zero-order valence-corrected chi connectivity index (χ0v) is 17.8. The highest BCUT2D eigenvalue weighted by molar-refractivity contribution is 9.10. The van der Waals surface area contributed by atoms with Crippen molar-refractivity contribution < 1.29 is 19.0 Å². The van der Waals surface area contributed by atoms with Gasteiger partial charge >= 0.3 is 0 Å². The van der Waals surface area contributed by atoms with Gasteiger partial charge in [-0.15, -0.1) is 0 Å². The number of carbonyl (C=O) groups is 1. The van der Waals surface area contributed by atoms with Gasteiger partial charge < -0.3 is 19.5 Å². The molecule has 150 valence electrons. The van der Waals surface area contributed by atoms with Crippen molar-refractivity contribution in [2.45, 2.75) is 19.9 Å². The number of fused-ring (bicyclic) bond motifs is 1. The fraction of sp³-hybridized carbons (Fsp3) is 0.381. The van der Waals surface area contributed by atoms with E-state index in [-0.39, 0.29) is 12.5 Å². The van der Waals surface area contributed by atoms with Crippen molar-refractivity contribution in [3.8, 4) is 17.2 Å². The Morgan fingerprint density at radius 3 is 2.64 bits per heavy atom. The summed E-state index contributed by atoms with van der Waals surface area (Å²) < 4.78 is 17.6. The first-order valence-electron chi connectivity index (χ1n) is 9.34. The first-order chi connectivity index (χ1) is 13.6. The first kappa shape index (κ1) is 20.5. The predicted octanol–water partition coefficient (Wildman–Crippen LogP) is 4.08. The van der Waals surface area contributed by atoms with Gasteiger partial charge in [0.1, 0.15) is 19.0 Å². The summed E-state index contributed by atoms with van der Waals surface area (Å²) in [6, 6.07) is 11.3.